The molecule has 1 aromatic carbocycles. The van der Waals surface area contributed by atoms with Gasteiger partial charge in [0.15, 0.2) is 0 Å². The van der Waals surface area contributed by atoms with Gasteiger partial charge in [0.1, 0.15) is 11.4 Å². The fourth-order valence-electron chi connectivity index (χ4n) is 4.74. The number of ether oxygens (including phenoxy) is 1. The summed E-state index contributed by atoms with van der Waals surface area (Å²) in [5.41, 5.74) is 1.34. The number of carbonyl (C=O) groups is 1. The zero-order valence-corrected chi connectivity index (χ0v) is 16.7. The number of unbranched alkanes of at least 4 members (excludes halogenated alkanes) is 3. The van der Waals surface area contributed by atoms with Gasteiger partial charge in [-0.25, -0.2) is 0 Å². The van der Waals surface area contributed by atoms with Crippen LogP contribution in [0.2, 0.25) is 0 Å². The molecule has 0 aliphatic carbocycles. The third kappa shape index (κ3) is 3.40. The van der Waals surface area contributed by atoms with Gasteiger partial charge in [0.2, 0.25) is 0 Å². The number of fused-ring (bicyclic) bond motifs is 3. The van der Waals surface area contributed by atoms with E-state index in [1.807, 2.05) is 25.1 Å². The summed E-state index contributed by atoms with van der Waals surface area (Å²) in [7, 11) is 3.95. The quantitative estimate of drug-likeness (QED) is 0.237. The van der Waals surface area contributed by atoms with Crippen molar-refractivity contribution in [3.05, 3.63) is 27.8 Å². The number of likely N-dealkylation sites (N-methyl/N-ethyl adjacent to an activating group) is 2. The number of nitro groups is 1. The Hall–Kier alpha value is -2.15. The van der Waals surface area contributed by atoms with Gasteiger partial charge in [-0.1, -0.05) is 33.1 Å². The Morgan fingerprint density at radius 2 is 2.07 bits per heavy atom. The smallest absolute Gasteiger partial charge is 0.311 e. The molecule has 2 aliphatic rings. The summed E-state index contributed by atoms with van der Waals surface area (Å²) < 4.78 is 5.49. The van der Waals surface area contributed by atoms with Crippen LogP contribution in [0, 0.1) is 10.1 Å². The molecule has 0 bridgehead atoms. The largest absolute Gasteiger partial charge is 0.426 e. The van der Waals surface area contributed by atoms with Crippen LogP contribution in [0.15, 0.2) is 12.1 Å². The highest BCUT2D eigenvalue weighted by Gasteiger charge is 2.54. The van der Waals surface area contributed by atoms with Crippen molar-refractivity contribution in [1.29, 1.82) is 0 Å². The maximum atomic E-state index is 12.2. The van der Waals surface area contributed by atoms with E-state index in [1.165, 1.54) is 6.07 Å². The molecule has 7 nitrogen and oxygen atoms in total. The molecule has 2 aliphatic heterocycles. The number of benzene rings is 1. The van der Waals surface area contributed by atoms with Crippen LogP contribution in [-0.2, 0) is 10.2 Å². The van der Waals surface area contributed by atoms with Crippen LogP contribution in [0.3, 0.4) is 0 Å². The Morgan fingerprint density at radius 3 is 2.74 bits per heavy atom. The average molecular weight is 375 g/mol. The van der Waals surface area contributed by atoms with Gasteiger partial charge in [0.05, 0.1) is 17.2 Å². The number of rotatable bonds is 7. The molecule has 0 saturated carbocycles. The Morgan fingerprint density at radius 1 is 1.33 bits per heavy atom. The minimum atomic E-state index is -0.377. The monoisotopic (exact) mass is 375 g/mol. The fraction of sp³-hybridized carbons (Fsp3) is 0.650. The zero-order valence-electron chi connectivity index (χ0n) is 16.7. The van der Waals surface area contributed by atoms with E-state index in [0.29, 0.717) is 12.1 Å². The molecule has 0 unspecified atom stereocenters. The van der Waals surface area contributed by atoms with Gasteiger partial charge >= 0.3 is 5.97 Å². The first-order chi connectivity index (χ1) is 12.8. The van der Waals surface area contributed by atoms with E-state index in [2.05, 4.69) is 18.7 Å². The molecule has 0 spiro atoms. The molecule has 0 aromatic heterocycles. The maximum Gasteiger partial charge on any atom is 0.311 e. The zero-order chi connectivity index (χ0) is 19.8. The Labute approximate surface area is 160 Å². The number of nitrogens with zero attached hydrogens (tertiary/aromatic N) is 3. The van der Waals surface area contributed by atoms with Crippen LogP contribution in [0.5, 0.6) is 5.75 Å². The standard InChI is InChI=1S/C20H29N3O4/c1-5-6-7-8-9-17(24)27-14-12-15-18(16(13-14)23(25)26)22(4)19-20(15,2)10-11-21(19)3/h12-13,19H,5-11H2,1-4H3/t19-,20+/m1/s1. The Bertz CT molecular complexity index is 751. The van der Waals surface area contributed by atoms with Gasteiger partial charge in [-0.3, -0.25) is 19.8 Å². The number of anilines is 1. The maximum absolute atomic E-state index is 12.2. The number of hydrogen-bond acceptors (Lipinski definition) is 6. The second kappa shape index (κ2) is 7.46. The van der Waals surface area contributed by atoms with Gasteiger partial charge in [0, 0.05) is 25.4 Å². The molecule has 27 heavy (non-hydrogen) atoms. The normalized spacial score (nSPS) is 24.0. The highest BCUT2D eigenvalue weighted by Crippen LogP contribution is 2.55. The first-order valence-electron chi connectivity index (χ1n) is 9.76. The third-order valence-corrected chi connectivity index (χ3v) is 6.03. The number of likely N-dealkylation sites (tertiary alicyclic amines) is 1. The summed E-state index contributed by atoms with van der Waals surface area (Å²) in [5.74, 6) is -0.0392. The summed E-state index contributed by atoms with van der Waals surface area (Å²) in [5, 5.41) is 11.7. The minimum absolute atomic E-state index is 0.00723. The van der Waals surface area contributed by atoms with Crippen LogP contribution in [-0.4, -0.2) is 42.6 Å². The number of carbonyl (C=O) groups excluding carboxylic acids is 1. The van der Waals surface area contributed by atoms with Crippen molar-refractivity contribution >= 4 is 17.3 Å². The van der Waals surface area contributed by atoms with Crippen LogP contribution in [0.25, 0.3) is 0 Å². The Kier molecular flexibility index (Phi) is 5.42. The van der Waals surface area contributed by atoms with E-state index in [1.54, 1.807) is 0 Å². The van der Waals surface area contributed by atoms with Crippen molar-refractivity contribution < 1.29 is 14.5 Å². The molecular formula is C20H29N3O4. The summed E-state index contributed by atoms with van der Waals surface area (Å²) in [4.78, 5) is 27.7. The Balaban J connectivity index is 1.89. The van der Waals surface area contributed by atoms with Crippen molar-refractivity contribution in [3.8, 4) is 5.75 Å². The molecule has 0 amide bonds. The topological polar surface area (TPSA) is 75.9 Å². The van der Waals surface area contributed by atoms with Crippen molar-refractivity contribution in [2.45, 2.75) is 64.0 Å². The van der Waals surface area contributed by atoms with Crippen LogP contribution >= 0.6 is 0 Å². The van der Waals surface area contributed by atoms with Crippen molar-refractivity contribution in [3.63, 3.8) is 0 Å². The van der Waals surface area contributed by atoms with Crippen molar-refractivity contribution in [1.82, 2.24) is 4.90 Å². The lowest BCUT2D eigenvalue weighted by Gasteiger charge is -2.32. The van der Waals surface area contributed by atoms with Gasteiger partial charge in [0.25, 0.3) is 5.69 Å². The molecule has 0 N–H and O–H groups in total. The van der Waals surface area contributed by atoms with Gasteiger partial charge in [-0.05, 0) is 31.5 Å². The SMILES string of the molecule is CCCCCCC(=O)Oc1cc([N+](=O)[O-])c2c(c1)[C@]1(C)CCN(C)[C@@H]1N2C. The predicted molar refractivity (Wildman–Crippen MR) is 104 cm³/mol. The van der Waals surface area contributed by atoms with Gasteiger partial charge in [-0.15, -0.1) is 0 Å². The van der Waals surface area contributed by atoms with Crippen molar-refractivity contribution in [2.24, 2.45) is 0 Å². The van der Waals surface area contributed by atoms with Gasteiger partial charge in [-0.2, -0.15) is 0 Å². The lowest BCUT2D eigenvalue weighted by molar-refractivity contribution is -0.384. The lowest BCUT2D eigenvalue weighted by Crippen LogP contribution is -2.45. The van der Waals surface area contributed by atoms with E-state index >= 15 is 0 Å². The lowest BCUT2D eigenvalue weighted by atomic mass is 9.81. The third-order valence-electron chi connectivity index (χ3n) is 6.03. The van der Waals surface area contributed by atoms with Crippen LogP contribution < -0.4 is 9.64 Å². The van der Waals surface area contributed by atoms with Gasteiger partial charge < -0.3 is 9.64 Å². The number of nitro benzene ring substituents is 1. The molecule has 2 atom stereocenters. The highest BCUT2D eigenvalue weighted by atomic mass is 16.6. The number of esters is 1. The fourth-order valence-corrected chi connectivity index (χ4v) is 4.74. The summed E-state index contributed by atoms with van der Waals surface area (Å²) in [6, 6.07) is 3.23. The van der Waals surface area contributed by atoms with E-state index in [-0.39, 0.29) is 33.9 Å². The second-order valence-corrected chi connectivity index (χ2v) is 8.01. The molecule has 7 heteroatoms. The summed E-state index contributed by atoms with van der Waals surface area (Å²) in [6.07, 6.45) is 5.31. The van der Waals surface area contributed by atoms with E-state index in [0.717, 1.165) is 44.2 Å². The average Bonchev–Trinajstić information content (AvgIpc) is 3.04. The van der Waals surface area contributed by atoms with E-state index in [9.17, 15) is 14.9 Å². The minimum Gasteiger partial charge on any atom is -0.426 e. The summed E-state index contributed by atoms with van der Waals surface area (Å²) >= 11 is 0. The number of hydrogen-bond donors (Lipinski definition) is 0. The van der Waals surface area contributed by atoms with E-state index < -0.39 is 0 Å². The highest BCUT2D eigenvalue weighted by molar-refractivity contribution is 5.79. The summed E-state index contributed by atoms with van der Waals surface area (Å²) in [6.45, 7) is 5.19. The predicted octanol–water partition coefficient (Wildman–Crippen LogP) is 3.84. The second-order valence-electron chi connectivity index (χ2n) is 8.01. The van der Waals surface area contributed by atoms with Crippen LogP contribution in [0.4, 0.5) is 11.4 Å². The molecule has 0 radical (unpaired) electrons. The molecule has 1 aromatic rings. The first-order valence-corrected chi connectivity index (χ1v) is 9.76. The van der Waals surface area contributed by atoms with Crippen LogP contribution in [0.1, 0.15) is 57.9 Å². The molecule has 3 rings (SSSR count). The molecule has 2 heterocycles. The molecular weight excluding hydrogens is 346 g/mol. The first kappa shape index (κ1) is 19.6. The van der Waals surface area contributed by atoms with Crippen molar-refractivity contribution in [2.75, 3.05) is 25.5 Å². The molecule has 148 valence electrons. The molecule has 1 saturated heterocycles. The molecule has 1 fully saturated rings. The van der Waals surface area contributed by atoms with E-state index in [4.69, 9.17) is 4.74 Å².